The molecule has 0 radical (unpaired) electrons. The van der Waals surface area contributed by atoms with Gasteiger partial charge in [0.15, 0.2) is 0 Å². The highest BCUT2D eigenvalue weighted by Gasteiger charge is 2.41. The molecule has 1 aromatic heterocycles. The molecule has 4 N–H and O–H groups in total. The van der Waals surface area contributed by atoms with Gasteiger partial charge in [0.1, 0.15) is 12.3 Å². The fourth-order valence-corrected chi connectivity index (χ4v) is 2.91. The molecule has 13 heteroatoms. The minimum absolute atomic E-state index is 0.0558. The largest absolute Gasteiger partial charge is 0.479 e. The van der Waals surface area contributed by atoms with Crippen molar-refractivity contribution in [3.05, 3.63) is 33.1 Å². The smallest absolute Gasteiger partial charge is 0.365 e. The molecule has 2 rings (SSSR count). The first-order valence-electron chi connectivity index (χ1n) is 7.03. The number of rotatable bonds is 6. The molecule has 25 heavy (non-hydrogen) atoms. The predicted octanol–water partition coefficient (Wildman–Crippen LogP) is -2.20. The van der Waals surface area contributed by atoms with Crippen LogP contribution in [-0.2, 0) is 25.9 Å². The van der Waals surface area contributed by atoms with Crippen molar-refractivity contribution in [2.75, 3.05) is 6.61 Å². The molecule has 1 aliphatic rings. The summed E-state index contributed by atoms with van der Waals surface area (Å²) in [4.78, 5) is 52.1. The van der Waals surface area contributed by atoms with Crippen LogP contribution in [0.1, 0.15) is 12.6 Å². The van der Waals surface area contributed by atoms with E-state index in [-0.39, 0.29) is 6.42 Å². The molecule has 0 bridgehead atoms. The highest BCUT2D eigenvalue weighted by Crippen LogP contribution is 2.42. The van der Waals surface area contributed by atoms with Crippen LogP contribution in [0.25, 0.3) is 0 Å². The number of aromatic nitrogens is 2. The third-order valence-corrected chi connectivity index (χ3v) is 4.65. The van der Waals surface area contributed by atoms with Crippen LogP contribution >= 0.6 is 7.60 Å². The lowest BCUT2D eigenvalue weighted by Crippen LogP contribution is -2.38. The predicted molar refractivity (Wildman–Crippen MR) is 79.9 cm³/mol. The quantitative estimate of drug-likeness (QED) is 0.396. The van der Waals surface area contributed by atoms with E-state index < -0.39 is 55.7 Å². The lowest BCUT2D eigenvalue weighted by molar-refractivity contribution is -0.149. The molecule has 0 amide bonds. The van der Waals surface area contributed by atoms with Gasteiger partial charge in [0.2, 0.25) is 0 Å². The molecule has 0 saturated carbocycles. The molecule has 1 fully saturated rings. The van der Waals surface area contributed by atoms with Gasteiger partial charge in [-0.25, -0.2) is 9.59 Å². The summed E-state index contributed by atoms with van der Waals surface area (Å²) in [5, 5.41) is 18.7. The Kier molecular flexibility index (Phi) is 5.62. The first-order chi connectivity index (χ1) is 11.5. The van der Waals surface area contributed by atoms with E-state index in [1.807, 2.05) is 0 Å². The van der Waals surface area contributed by atoms with Crippen LogP contribution < -0.4 is 11.2 Å². The van der Waals surface area contributed by atoms with E-state index in [2.05, 4.69) is 4.74 Å². The number of hydrogen-bond acceptors (Lipinski definition) is 7. The molecular formula is C12H17N2O10P. The van der Waals surface area contributed by atoms with Crippen LogP contribution in [0.5, 0.6) is 0 Å². The molecular weight excluding hydrogens is 363 g/mol. The van der Waals surface area contributed by atoms with Gasteiger partial charge < -0.3 is 29.5 Å². The lowest BCUT2D eigenvalue weighted by atomic mass is 10.2. The third-order valence-electron chi connectivity index (χ3n) is 3.67. The summed E-state index contributed by atoms with van der Waals surface area (Å²) in [6.45, 7) is -0.611. The summed E-state index contributed by atoms with van der Waals surface area (Å²) in [7, 11) is -3.79. The molecule has 12 nitrogen and oxygen atoms in total. The van der Waals surface area contributed by atoms with Crippen LogP contribution in [-0.4, -0.2) is 59.8 Å². The maximum Gasteiger partial charge on any atom is 0.365 e. The van der Waals surface area contributed by atoms with Gasteiger partial charge in [-0.2, -0.15) is 0 Å². The fourth-order valence-electron chi connectivity index (χ4n) is 2.34. The van der Waals surface area contributed by atoms with E-state index in [9.17, 15) is 24.1 Å². The SMILES string of the molecule is Cn1c(=O)ccn([C@H]2C[C@H](O)[C@@H](CO[C@@H](C(=O)O)P(=O)(O)O)O2)c1=O. The number of carboxylic acid groups (broad SMARTS) is 1. The first-order valence-corrected chi connectivity index (χ1v) is 8.72. The molecule has 2 heterocycles. The van der Waals surface area contributed by atoms with E-state index in [0.717, 1.165) is 15.2 Å². The summed E-state index contributed by atoms with van der Waals surface area (Å²) in [5.74, 6) is -4.24. The molecule has 1 saturated heterocycles. The van der Waals surface area contributed by atoms with Crippen LogP contribution in [0.4, 0.5) is 0 Å². The minimum Gasteiger partial charge on any atom is -0.479 e. The van der Waals surface area contributed by atoms with E-state index in [4.69, 9.17) is 19.6 Å². The van der Waals surface area contributed by atoms with Crippen molar-refractivity contribution >= 4 is 13.6 Å². The number of carbonyl (C=O) groups is 1. The zero-order valence-electron chi connectivity index (χ0n) is 13.0. The average molecular weight is 380 g/mol. The molecule has 0 aromatic carbocycles. The summed E-state index contributed by atoms with van der Waals surface area (Å²) >= 11 is 0. The Bertz CT molecular complexity index is 811. The summed E-state index contributed by atoms with van der Waals surface area (Å²) in [5.41, 5.74) is -1.20. The van der Waals surface area contributed by atoms with Crippen LogP contribution in [0, 0.1) is 0 Å². The van der Waals surface area contributed by atoms with Crippen LogP contribution in [0.3, 0.4) is 0 Å². The van der Waals surface area contributed by atoms with E-state index in [1.165, 1.54) is 13.2 Å². The van der Waals surface area contributed by atoms with Gasteiger partial charge in [0.05, 0.1) is 12.7 Å². The van der Waals surface area contributed by atoms with Crippen molar-refractivity contribution in [1.82, 2.24) is 9.13 Å². The van der Waals surface area contributed by atoms with E-state index in [0.29, 0.717) is 0 Å². The number of aliphatic hydroxyl groups is 1. The van der Waals surface area contributed by atoms with Crippen molar-refractivity contribution in [1.29, 1.82) is 0 Å². The first kappa shape index (κ1) is 19.5. The highest BCUT2D eigenvalue weighted by molar-refractivity contribution is 7.53. The van der Waals surface area contributed by atoms with Gasteiger partial charge >= 0.3 is 19.3 Å². The summed E-state index contributed by atoms with van der Waals surface area (Å²) in [6, 6.07) is 1.13. The number of ether oxygens (including phenoxy) is 2. The molecule has 1 aromatic rings. The van der Waals surface area contributed by atoms with Gasteiger partial charge in [0.25, 0.3) is 11.4 Å². The maximum atomic E-state index is 12.0. The zero-order chi connectivity index (χ0) is 18.9. The number of nitrogens with zero attached hydrogens (tertiary/aromatic N) is 2. The van der Waals surface area contributed by atoms with Gasteiger partial charge in [-0.15, -0.1) is 0 Å². The van der Waals surface area contributed by atoms with Crippen LogP contribution in [0.2, 0.25) is 0 Å². The van der Waals surface area contributed by atoms with Gasteiger partial charge in [-0.1, -0.05) is 0 Å². The molecule has 0 unspecified atom stereocenters. The fraction of sp³-hybridized carbons (Fsp3) is 0.583. The summed E-state index contributed by atoms with van der Waals surface area (Å²) < 4.78 is 23.1. The summed E-state index contributed by atoms with van der Waals surface area (Å²) in [6.07, 6.45) is -2.08. The second kappa shape index (κ2) is 7.20. The number of aliphatic carboxylic acids is 1. The Morgan fingerprint density at radius 2 is 2.12 bits per heavy atom. The normalized spacial score (nSPS) is 25.0. The number of carboxylic acids is 1. The van der Waals surface area contributed by atoms with E-state index in [1.54, 1.807) is 0 Å². The van der Waals surface area contributed by atoms with E-state index >= 15 is 0 Å². The van der Waals surface area contributed by atoms with Gasteiger partial charge in [-0.3, -0.25) is 18.5 Å². The Morgan fingerprint density at radius 1 is 1.48 bits per heavy atom. The molecule has 1 aliphatic heterocycles. The molecule has 4 atom stereocenters. The lowest BCUT2D eigenvalue weighted by Gasteiger charge is -2.20. The highest BCUT2D eigenvalue weighted by atomic mass is 31.2. The Morgan fingerprint density at radius 3 is 2.68 bits per heavy atom. The number of hydrogen-bond donors (Lipinski definition) is 4. The second-order valence-corrected chi connectivity index (χ2v) is 7.10. The van der Waals surface area contributed by atoms with Gasteiger partial charge in [0, 0.05) is 25.7 Å². The molecule has 0 spiro atoms. The maximum absolute atomic E-state index is 12.0. The monoisotopic (exact) mass is 380 g/mol. The minimum atomic E-state index is -5.05. The van der Waals surface area contributed by atoms with Crippen molar-refractivity contribution in [2.24, 2.45) is 7.05 Å². The van der Waals surface area contributed by atoms with Crippen molar-refractivity contribution in [3.63, 3.8) is 0 Å². The Labute approximate surface area is 140 Å². The van der Waals surface area contributed by atoms with Crippen molar-refractivity contribution < 1.29 is 38.8 Å². The molecule has 0 aliphatic carbocycles. The van der Waals surface area contributed by atoms with Crippen molar-refractivity contribution in [2.45, 2.75) is 30.7 Å². The number of aliphatic hydroxyl groups excluding tert-OH is 1. The topological polar surface area (TPSA) is 178 Å². The second-order valence-electron chi connectivity index (χ2n) is 5.45. The van der Waals surface area contributed by atoms with Crippen molar-refractivity contribution in [3.8, 4) is 0 Å². The van der Waals surface area contributed by atoms with Crippen LogP contribution in [0.15, 0.2) is 21.9 Å². The third kappa shape index (κ3) is 4.24. The van der Waals surface area contributed by atoms with Gasteiger partial charge in [-0.05, 0) is 0 Å². The zero-order valence-corrected chi connectivity index (χ0v) is 13.9. The Hall–Kier alpha value is -1.82. The average Bonchev–Trinajstić information content (AvgIpc) is 2.84. The standard InChI is InChI=1S/C12H17N2O10P/c1-13-8(16)2-3-14(12(13)19)9-4-6(15)7(24-9)5-23-11(10(17)18)25(20,21)22/h2-3,6-7,9,11,15H,4-5H2,1H3,(H,17,18)(H2,20,21,22)/t6-,7+,9+,11+/m0/s1. The molecule has 140 valence electrons. The Balaban J connectivity index is 2.11.